The van der Waals surface area contributed by atoms with Crippen molar-refractivity contribution in [3.8, 4) is 0 Å². The van der Waals surface area contributed by atoms with Crippen molar-refractivity contribution in [2.75, 3.05) is 12.0 Å². The van der Waals surface area contributed by atoms with E-state index >= 15 is 0 Å². The normalized spacial score (nSPS) is 13.0. The standard InChI is InChI=1S/C12H22N2S/c1-3-12(13)9-11-5-7-14(10-11)6-4-8-15-2/h5,7,10,12H,3-4,6,8-9,13H2,1-2H3. The zero-order chi connectivity index (χ0) is 11.1. The summed E-state index contributed by atoms with van der Waals surface area (Å²) in [5.74, 6) is 1.24. The van der Waals surface area contributed by atoms with E-state index in [0.29, 0.717) is 6.04 Å². The van der Waals surface area contributed by atoms with Crippen LogP contribution >= 0.6 is 11.8 Å². The molecule has 86 valence electrons. The quantitative estimate of drug-likeness (QED) is 0.724. The minimum absolute atomic E-state index is 0.312. The first kappa shape index (κ1) is 12.7. The largest absolute Gasteiger partial charge is 0.354 e. The van der Waals surface area contributed by atoms with Crippen LogP contribution in [0.5, 0.6) is 0 Å². The predicted octanol–water partition coefficient (Wildman–Crippen LogP) is 2.52. The van der Waals surface area contributed by atoms with Gasteiger partial charge in [-0.2, -0.15) is 11.8 Å². The average molecular weight is 226 g/mol. The molecule has 2 nitrogen and oxygen atoms in total. The lowest BCUT2D eigenvalue weighted by Crippen LogP contribution is -2.21. The van der Waals surface area contributed by atoms with E-state index in [2.05, 4.69) is 36.2 Å². The zero-order valence-corrected chi connectivity index (χ0v) is 10.6. The van der Waals surface area contributed by atoms with Gasteiger partial charge in [-0.25, -0.2) is 0 Å². The predicted molar refractivity (Wildman–Crippen MR) is 69.4 cm³/mol. The van der Waals surface area contributed by atoms with Crippen LogP contribution in [0.2, 0.25) is 0 Å². The molecule has 0 aliphatic heterocycles. The summed E-state index contributed by atoms with van der Waals surface area (Å²) in [7, 11) is 0. The molecule has 0 aromatic carbocycles. The number of nitrogens with two attached hydrogens (primary N) is 1. The fraction of sp³-hybridized carbons (Fsp3) is 0.667. The van der Waals surface area contributed by atoms with Crippen molar-refractivity contribution in [3.05, 3.63) is 24.0 Å². The van der Waals surface area contributed by atoms with Gasteiger partial charge in [-0.05, 0) is 42.9 Å². The Balaban J connectivity index is 2.35. The molecule has 1 unspecified atom stereocenters. The number of hydrogen-bond donors (Lipinski definition) is 1. The van der Waals surface area contributed by atoms with Gasteiger partial charge in [0.15, 0.2) is 0 Å². The molecule has 0 aliphatic carbocycles. The molecule has 1 aromatic heterocycles. The summed E-state index contributed by atoms with van der Waals surface area (Å²) in [6, 6.07) is 2.50. The third-order valence-corrected chi connectivity index (χ3v) is 3.30. The van der Waals surface area contributed by atoms with Crippen LogP contribution in [0.1, 0.15) is 25.3 Å². The minimum atomic E-state index is 0.312. The highest BCUT2D eigenvalue weighted by molar-refractivity contribution is 7.98. The van der Waals surface area contributed by atoms with Gasteiger partial charge in [0.1, 0.15) is 0 Å². The molecule has 0 bridgehead atoms. The summed E-state index contributed by atoms with van der Waals surface area (Å²) in [5.41, 5.74) is 7.29. The summed E-state index contributed by atoms with van der Waals surface area (Å²) >= 11 is 1.91. The van der Waals surface area contributed by atoms with E-state index < -0.39 is 0 Å². The smallest absolute Gasteiger partial charge is 0.0227 e. The van der Waals surface area contributed by atoms with E-state index in [4.69, 9.17) is 5.73 Å². The summed E-state index contributed by atoms with van der Waals surface area (Å²) in [6.45, 7) is 3.27. The molecule has 15 heavy (non-hydrogen) atoms. The van der Waals surface area contributed by atoms with Gasteiger partial charge in [-0.1, -0.05) is 6.92 Å². The van der Waals surface area contributed by atoms with Crippen molar-refractivity contribution < 1.29 is 0 Å². The van der Waals surface area contributed by atoms with Crippen LogP contribution in [0.15, 0.2) is 18.5 Å². The summed E-state index contributed by atoms with van der Waals surface area (Å²) in [4.78, 5) is 0. The van der Waals surface area contributed by atoms with E-state index in [1.807, 2.05) is 11.8 Å². The Morgan fingerprint density at radius 1 is 1.53 bits per heavy atom. The summed E-state index contributed by atoms with van der Waals surface area (Å²) < 4.78 is 2.27. The molecule has 2 N–H and O–H groups in total. The van der Waals surface area contributed by atoms with Crippen LogP contribution in [0.3, 0.4) is 0 Å². The van der Waals surface area contributed by atoms with Crippen molar-refractivity contribution in [2.24, 2.45) is 5.73 Å². The van der Waals surface area contributed by atoms with Crippen molar-refractivity contribution in [3.63, 3.8) is 0 Å². The molecule has 1 heterocycles. The molecule has 0 fully saturated rings. The zero-order valence-electron chi connectivity index (χ0n) is 9.78. The topological polar surface area (TPSA) is 30.9 Å². The van der Waals surface area contributed by atoms with Gasteiger partial charge in [-0.3, -0.25) is 0 Å². The number of thioether (sulfide) groups is 1. The van der Waals surface area contributed by atoms with Crippen LogP contribution in [0.4, 0.5) is 0 Å². The Hall–Kier alpha value is -0.410. The first-order valence-corrected chi connectivity index (χ1v) is 7.04. The van der Waals surface area contributed by atoms with E-state index in [9.17, 15) is 0 Å². The number of nitrogens with zero attached hydrogens (tertiary/aromatic N) is 1. The first-order chi connectivity index (χ1) is 7.26. The van der Waals surface area contributed by atoms with Gasteiger partial charge in [0.2, 0.25) is 0 Å². The van der Waals surface area contributed by atoms with E-state index in [0.717, 1.165) is 19.4 Å². The first-order valence-electron chi connectivity index (χ1n) is 5.65. The average Bonchev–Trinajstić information content (AvgIpc) is 2.66. The molecular weight excluding hydrogens is 204 g/mol. The molecule has 1 aromatic rings. The third kappa shape index (κ3) is 4.76. The number of hydrogen-bond acceptors (Lipinski definition) is 2. The van der Waals surface area contributed by atoms with Gasteiger partial charge in [0, 0.05) is 25.0 Å². The van der Waals surface area contributed by atoms with Crippen LogP contribution in [0.25, 0.3) is 0 Å². The maximum absolute atomic E-state index is 5.92. The molecule has 0 aliphatic rings. The Morgan fingerprint density at radius 2 is 2.33 bits per heavy atom. The highest BCUT2D eigenvalue weighted by Gasteiger charge is 2.02. The second kappa shape index (κ2) is 6.96. The van der Waals surface area contributed by atoms with Gasteiger partial charge >= 0.3 is 0 Å². The van der Waals surface area contributed by atoms with Crippen molar-refractivity contribution in [1.82, 2.24) is 4.57 Å². The molecule has 0 saturated carbocycles. The molecule has 1 atom stereocenters. The van der Waals surface area contributed by atoms with Crippen molar-refractivity contribution in [2.45, 2.75) is 38.8 Å². The molecule has 0 amide bonds. The molecule has 0 radical (unpaired) electrons. The van der Waals surface area contributed by atoms with Gasteiger partial charge < -0.3 is 10.3 Å². The molecule has 0 spiro atoms. The minimum Gasteiger partial charge on any atom is -0.354 e. The maximum Gasteiger partial charge on any atom is 0.0227 e. The fourth-order valence-corrected chi connectivity index (χ4v) is 2.01. The fourth-order valence-electron chi connectivity index (χ4n) is 1.59. The van der Waals surface area contributed by atoms with Crippen LogP contribution in [-0.4, -0.2) is 22.6 Å². The van der Waals surface area contributed by atoms with Gasteiger partial charge in [0.25, 0.3) is 0 Å². The van der Waals surface area contributed by atoms with Gasteiger partial charge in [0.05, 0.1) is 0 Å². The lowest BCUT2D eigenvalue weighted by Gasteiger charge is -2.06. The van der Waals surface area contributed by atoms with E-state index in [1.54, 1.807) is 0 Å². The van der Waals surface area contributed by atoms with Crippen molar-refractivity contribution in [1.29, 1.82) is 0 Å². The van der Waals surface area contributed by atoms with Crippen molar-refractivity contribution >= 4 is 11.8 Å². The Labute approximate surface area is 97.2 Å². The number of rotatable bonds is 7. The lowest BCUT2D eigenvalue weighted by molar-refractivity contribution is 0.641. The second-order valence-corrected chi connectivity index (χ2v) is 4.96. The van der Waals surface area contributed by atoms with Crippen LogP contribution in [-0.2, 0) is 13.0 Å². The van der Waals surface area contributed by atoms with E-state index in [1.165, 1.54) is 17.7 Å². The maximum atomic E-state index is 5.92. The SMILES string of the molecule is CCC(N)Cc1ccn(CCCSC)c1. The molecule has 0 saturated heterocycles. The molecule has 3 heteroatoms. The third-order valence-electron chi connectivity index (χ3n) is 2.60. The second-order valence-electron chi connectivity index (χ2n) is 3.98. The summed E-state index contributed by atoms with van der Waals surface area (Å²) in [6.07, 6.45) is 9.86. The Kier molecular flexibility index (Phi) is 5.88. The number of aryl methyl sites for hydroxylation is 1. The Morgan fingerprint density at radius 3 is 3.00 bits per heavy atom. The number of aromatic nitrogens is 1. The highest BCUT2D eigenvalue weighted by Crippen LogP contribution is 2.07. The summed E-state index contributed by atoms with van der Waals surface area (Å²) in [5, 5.41) is 0. The molecular formula is C12H22N2S. The Bertz CT molecular complexity index is 270. The van der Waals surface area contributed by atoms with Gasteiger partial charge in [-0.15, -0.1) is 0 Å². The highest BCUT2D eigenvalue weighted by atomic mass is 32.2. The van der Waals surface area contributed by atoms with Crippen LogP contribution < -0.4 is 5.73 Å². The lowest BCUT2D eigenvalue weighted by atomic mass is 10.1. The van der Waals surface area contributed by atoms with Crippen LogP contribution in [0, 0.1) is 0 Å². The molecule has 1 rings (SSSR count). The monoisotopic (exact) mass is 226 g/mol. The van der Waals surface area contributed by atoms with E-state index in [-0.39, 0.29) is 0 Å².